The van der Waals surface area contributed by atoms with Crippen molar-refractivity contribution in [3.8, 4) is 0 Å². The Kier molecular flexibility index (Phi) is 9.99. The fourth-order valence-corrected chi connectivity index (χ4v) is 14.4. The van der Waals surface area contributed by atoms with Gasteiger partial charge < -0.3 is 39.7 Å². The summed E-state index contributed by atoms with van der Waals surface area (Å²) in [6.45, 7) is 8.31. The smallest absolute Gasteiger partial charge is 0.303 e. The second-order valence-corrected chi connectivity index (χ2v) is 20.1. The molecular weight excluding hydrogens is 795 g/mol. The average Bonchev–Trinajstić information content (AvgIpc) is 3.83. The first-order valence-corrected chi connectivity index (χ1v) is 21.4. The van der Waals surface area contributed by atoms with Gasteiger partial charge in [-0.1, -0.05) is 37.1 Å². The van der Waals surface area contributed by atoms with Crippen LogP contribution >= 0.6 is 0 Å². The Balaban J connectivity index is 0.000000168. The Labute approximate surface area is 353 Å². The van der Waals surface area contributed by atoms with Crippen LogP contribution in [0.4, 0.5) is 4.39 Å². The van der Waals surface area contributed by atoms with E-state index in [2.05, 4.69) is 6.92 Å². The van der Waals surface area contributed by atoms with E-state index in [4.69, 9.17) is 14.2 Å². The highest BCUT2D eigenvalue weighted by Gasteiger charge is 2.83. The van der Waals surface area contributed by atoms with Gasteiger partial charge in [0, 0.05) is 41.4 Å². The number of halogens is 1. The molecule has 0 radical (unpaired) electrons. The van der Waals surface area contributed by atoms with E-state index < -0.39 is 111 Å². The molecule has 6 saturated carbocycles. The third-order valence-electron chi connectivity index (χ3n) is 17.7. The Morgan fingerprint density at radius 3 is 1.64 bits per heavy atom. The Hall–Kier alpha value is -3.73. The number of ketones is 4. The number of hydrogen-bond donors (Lipinski definition) is 5. The van der Waals surface area contributed by atoms with Crippen molar-refractivity contribution in [2.24, 2.45) is 45.3 Å². The molecule has 61 heavy (non-hydrogen) atoms. The van der Waals surface area contributed by atoms with Gasteiger partial charge in [0.1, 0.15) is 5.60 Å². The van der Waals surface area contributed by atoms with Crippen LogP contribution in [0.5, 0.6) is 0 Å². The molecule has 16 atom stereocenters. The van der Waals surface area contributed by atoms with Crippen LogP contribution in [0, 0.1) is 45.3 Å². The van der Waals surface area contributed by atoms with Crippen LogP contribution in [-0.2, 0) is 43.0 Å². The van der Waals surface area contributed by atoms with Gasteiger partial charge in [-0.2, -0.15) is 0 Å². The topological polar surface area (TPSA) is 235 Å². The minimum Gasteiger partial charge on any atom is -0.458 e. The molecule has 0 aromatic rings. The number of allylic oxidation sites excluding steroid dienone is 6. The molecule has 9 aliphatic rings. The molecule has 1 saturated heterocycles. The van der Waals surface area contributed by atoms with E-state index in [9.17, 15) is 54.3 Å². The summed E-state index contributed by atoms with van der Waals surface area (Å²) in [5, 5.41) is 55.8. The van der Waals surface area contributed by atoms with Gasteiger partial charge in [-0.25, -0.2) is 4.39 Å². The van der Waals surface area contributed by atoms with E-state index >= 15 is 4.39 Å². The van der Waals surface area contributed by atoms with Crippen LogP contribution in [0.15, 0.2) is 47.6 Å². The van der Waals surface area contributed by atoms with Crippen molar-refractivity contribution in [2.75, 3.05) is 13.2 Å². The largest absolute Gasteiger partial charge is 0.458 e. The maximum atomic E-state index is 16.9. The normalized spacial score (nSPS) is 49.4. The molecule has 14 nitrogen and oxygen atoms in total. The number of aliphatic hydroxyl groups is 5. The van der Waals surface area contributed by atoms with Crippen molar-refractivity contribution in [3.05, 3.63) is 47.6 Å². The summed E-state index contributed by atoms with van der Waals surface area (Å²) in [5.41, 5.74) is -8.93. The van der Waals surface area contributed by atoms with Crippen LogP contribution in [-0.4, -0.2) is 121 Å². The predicted octanol–water partition coefficient (Wildman–Crippen LogP) is 2.45. The van der Waals surface area contributed by atoms with Crippen molar-refractivity contribution in [3.63, 3.8) is 0 Å². The lowest BCUT2D eigenvalue weighted by Crippen LogP contribution is -2.69. The minimum absolute atomic E-state index is 0.00287. The highest BCUT2D eigenvalue weighted by Crippen LogP contribution is 2.76. The molecule has 1 aliphatic heterocycles. The number of alkyl halides is 1. The summed E-state index contributed by atoms with van der Waals surface area (Å²) in [4.78, 5) is 72.0. The van der Waals surface area contributed by atoms with E-state index in [1.54, 1.807) is 26.0 Å². The number of rotatable bonds is 6. The lowest BCUT2D eigenvalue weighted by Gasteiger charge is -2.62. The van der Waals surface area contributed by atoms with Gasteiger partial charge in [-0.3, -0.25) is 28.8 Å². The van der Waals surface area contributed by atoms with E-state index in [1.165, 1.54) is 25.2 Å². The molecule has 0 amide bonds. The molecule has 4 unspecified atom stereocenters. The predicted molar refractivity (Wildman–Crippen MR) is 210 cm³/mol. The second kappa shape index (κ2) is 13.9. The molecule has 0 bridgehead atoms. The monoisotopic (exact) mass is 852 g/mol. The molecule has 332 valence electrons. The zero-order valence-electron chi connectivity index (χ0n) is 35.4. The first-order chi connectivity index (χ1) is 28.3. The van der Waals surface area contributed by atoms with E-state index in [0.717, 1.165) is 25.3 Å². The van der Waals surface area contributed by atoms with Crippen LogP contribution in [0.25, 0.3) is 0 Å². The summed E-state index contributed by atoms with van der Waals surface area (Å²) >= 11 is 0. The quantitative estimate of drug-likeness (QED) is 0.191. The van der Waals surface area contributed by atoms with Crippen LogP contribution in [0.2, 0.25) is 0 Å². The van der Waals surface area contributed by atoms with Crippen molar-refractivity contribution >= 4 is 35.1 Å². The van der Waals surface area contributed by atoms with Gasteiger partial charge >= 0.3 is 11.9 Å². The highest BCUT2D eigenvalue weighted by molar-refractivity contribution is 6.02. The molecule has 7 fully saturated rings. The Morgan fingerprint density at radius 2 is 1.13 bits per heavy atom. The number of esters is 2. The zero-order valence-corrected chi connectivity index (χ0v) is 35.4. The third-order valence-corrected chi connectivity index (χ3v) is 17.7. The van der Waals surface area contributed by atoms with Gasteiger partial charge in [-0.05, 0) is 107 Å². The number of fused-ring (bicyclic) bond motifs is 8. The summed E-state index contributed by atoms with van der Waals surface area (Å²) in [6, 6.07) is 0. The summed E-state index contributed by atoms with van der Waals surface area (Å²) in [5.74, 6) is -4.45. The van der Waals surface area contributed by atoms with E-state index in [0.29, 0.717) is 31.3 Å². The lowest BCUT2D eigenvalue weighted by molar-refractivity contribution is -0.222. The average molecular weight is 853 g/mol. The van der Waals surface area contributed by atoms with Crippen molar-refractivity contribution in [1.82, 2.24) is 0 Å². The molecule has 0 aromatic carbocycles. The fourth-order valence-electron chi connectivity index (χ4n) is 14.4. The molecular formula is C46H57FO14. The van der Waals surface area contributed by atoms with Gasteiger partial charge in [0.15, 0.2) is 41.7 Å². The number of carbonyl (C=O) groups excluding carboxylic acids is 6. The molecule has 1 heterocycles. The lowest BCUT2D eigenvalue weighted by atomic mass is 9.44. The Bertz CT molecular complexity index is 2130. The SMILES string of the molecule is CC(=O)OCC(=O)[C@@]1(O)[C@H](O)CC2C3CCC4=CC(=O)C=C[C@]4(C)C34OC4C[C@@]21C.CC(=O)OCC(=O)[C@@]1(O)[C@H](O)C[C@H]2[C@@H]3CCC4=CC(=O)C=C[C@]4(C)[C@@]3(F)[C@@H](O)C[C@@]21C. The number of Topliss-reactive ketones (excluding diaryl/α,β-unsaturated/α-hetero) is 2. The van der Waals surface area contributed by atoms with Gasteiger partial charge in [0.25, 0.3) is 0 Å². The van der Waals surface area contributed by atoms with Crippen LogP contribution in [0.1, 0.15) is 92.9 Å². The minimum atomic E-state index is -2.27. The fraction of sp³-hybridized carbons (Fsp3) is 0.696. The molecule has 15 heteroatoms. The van der Waals surface area contributed by atoms with E-state index in [-0.39, 0.29) is 42.3 Å². The molecule has 5 N–H and O–H groups in total. The molecule has 0 aromatic heterocycles. The van der Waals surface area contributed by atoms with Crippen molar-refractivity contribution in [1.29, 1.82) is 0 Å². The van der Waals surface area contributed by atoms with Crippen LogP contribution < -0.4 is 0 Å². The maximum Gasteiger partial charge on any atom is 0.303 e. The number of ether oxygens (including phenoxy) is 3. The molecule has 8 aliphatic carbocycles. The number of hydrogen-bond acceptors (Lipinski definition) is 14. The summed E-state index contributed by atoms with van der Waals surface area (Å²) in [6.07, 6.45) is 7.88. The third kappa shape index (κ3) is 5.52. The van der Waals surface area contributed by atoms with Gasteiger partial charge in [0.2, 0.25) is 11.6 Å². The first-order valence-electron chi connectivity index (χ1n) is 21.4. The summed E-state index contributed by atoms with van der Waals surface area (Å²) in [7, 11) is 0. The van der Waals surface area contributed by atoms with Crippen molar-refractivity contribution in [2.45, 2.75) is 140 Å². The standard InChI is InChI=1S/C23H29FO7.C23H28O7/c1-12(25)31-11-19(29)23(30)17(27)9-16-15-5-4-13-8-14(26)6-7-20(13,2)22(15,24)18(28)10-21(16,23)3;1-12(24)29-11-18(27)22(28)17(26)9-16-15-5-4-13-8-14(25)6-7-20(13,2)23(15)19(30-23)10-21(16,22)3/h6-8,15-18,27-28,30H,4-5,9-11H2,1-3H3;6-8,15-17,19,26,28H,4-5,9-11H2,1-3H3/t15-,16-,17+,18-,20-,21-,22-,23-;15?,16?,17-,19?,20+,21+,22+,23?/m01/s1. The second-order valence-electron chi connectivity index (χ2n) is 20.1. The van der Waals surface area contributed by atoms with E-state index in [1.807, 2.05) is 13.0 Å². The highest BCUT2D eigenvalue weighted by atomic mass is 19.1. The zero-order chi connectivity index (χ0) is 44.7. The number of carbonyl (C=O) groups is 6. The summed E-state index contributed by atoms with van der Waals surface area (Å²) < 4.78 is 32.9. The Morgan fingerprint density at radius 1 is 0.689 bits per heavy atom. The maximum absolute atomic E-state index is 16.9. The molecule has 1 spiro atoms. The number of aliphatic hydroxyl groups excluding tert-OH is 3. The van der Waals surface area contributed by atoms with Crippen LogP contribution in [0.3, 0.4) is 0 Å². The van der Waals surface area contributed by atoms with Gasteiger partial charge in [-0.15, -0.1) is 0 Å². The molecule has 9 rings (SSSR count). The number of epoxide rings is 1. The first kappa shape index (κ1) is 43.9. The van der Waals surface area contributed by atoms with Crippen molar-refractivity contribution < 1.29 is 72.9 Å². The van der Waals surface area contributed by atoms with Gasteiger partial charge in [0.05, 0.1) is 24.4 Å².